The van der Waals surface area contributed by atoms with E-state index in [1.165, 1.54) is 0 Å². The van der Waals surface area contributed by atoms with Crippen molar-refractivity contribution in [2.45, 2.75) is 0 Å². The fourth-order valence-electron chi connectivity index (χ4n) is 2.52. The highest BCUT2D eigenvalue weighted by Gasteiger charge is 2.10. The number of hydrogen-bond acceptors (Lipinski definition) is 4. The molecule has 0 aliphatic rings. The number of rotatable bonds is 5. The van der Waals surface area contributed by atoms with Crippen molar-refractivity contribution in [2.75, 3.05) is 19.0 Å². The van der Waals surface area contributed by atoms with Gasteiger partial charge in [-0.15, -0.1) is 0 Å². The van der Waals surface area contributed by atoms with Crippen LogP contribution in [0.5, 0.6) is 11.5 Å². The summed E-state index contributed by atoms with van der Waals surface area (Å²) in [6.45, 7) is -0.166. The average molecular weight is 524 g/mol. The lowest BCUT2D eigenvalue weighted by Gasteiger charge is -2.12. The number of anilines is 1. The molecule has 0 heterocycles. The summed E-state index contributed by atoms with van der Waals surface area (Å²) in [7, 11) is 1.58. The van der Waals surface area contributed by atoms with Gasteiger partial charge in [-0.05, 0) is 69.3 Å². The van der Waals surface area contributed by atoms with Crippen LogP contribution in [0.15, 0.2) is 63.5 Å². The molecule has 3 aromatic carbocycles. The Bertz CT molecular complexity index is 1040. The first kappa shape index (κ1) is 20.6. The van der Waals surface area contributed by atoms with Crippen LogP contribution in [0, 0.1) is 0 Å². The van der Waals surface area contributed by atoms with Gasteiger partial charge in [0.25, 0.3) is 5.91 Å². The van der Waals surface area contributed by atoms with E-state index in [0.29, 0.717) is 17.2 Å². The first-order valence-corrected chi connectivity index (χ1v) is 10.2. The molecular weight excluding hydrogens is 508 g/mol. The van der Waals surface area contributed by atoms with Gasteiger partial charge in [-0.2, -0.15) is 0 Å². The second-order valence-corrected chi connectivity index (χ2v) is 7.88. The lowest BCUT2D eigenvalue weighted by Crippen LogP contribution is -2.37. The van der Waals surface area contributed by atoms with Gasteiger partial charge in [-0.1, -0.05) is 34.1 Å². The fraction of sp³-hybridized carbons (Fsp3) is 0.100. The molecule has 3 rings (SSSR count). The Labute approximate surface area is 184 Å². The van der Waals surface area contributed by atoms with Gasteiger partial charge in [0.2, 0.25) is 0 Å². The molecule has 144 valence electrons. The summed E-state index contributed by atoms with van der Waals surface area (Å²) < 4.78 is 12.6. The predicted octanol–water partition coefficient (Wildman–Crippen LogP) is 5.27. The van der Waals surface area contributed by atoms with Crippen LogP contribution < -0.4 is 20.1 Å². The number of carbonyl (C=O) groups is 1. The quantitative estimate of drug-likeness (QED) is 0.446. The second kappa shape index (κ2) is 9.36. The van der Waals surface area contributed by atoms with Crippen LogP contribution in [-0.2, 0) is 4.79 Å². The molecule has 0 fully saturated rings. The molecule has 8 heteroatoms. The zero-order chi connectivity index (χ0) is 20.1. The van der Waals surface area contributed by atoms with E-state index in [2.05, 4.69) is 42.5 Å². The number of benzene rings is 3. The van der Waals surface area contributed by atoms with Gasteiger partial charge in [0.05, 0.1) is 11.6 Å². The summed E-state index contributed by atoms with van der Waals surface area (Å²) in [5, 5.41) is 7.77. The Kier molecular flexibility index (Phi) is 6.88. The van der Waals surface area contributed by atoms with Crippen LogP contribution in [0.4, 0.5) is 5.69 Å². The monoisotopic (exact) mass is 522 g/mol. The van der Waals surface area contributed by atoms with Crippen molar-refractivity contribution >= 4 is 71.6 Å². The molecule has 0 saturated heterocycles. The van der Waals surface area contributed by atoms with Crippen molar-refractivity contribution in [1.29, 1.82) is 0 Å². The zero-order valence-electron chi connectivity index (χ0n) is 14.8. The Hall–Kier alpha value is -2.16. The minimum atomic E-state index is -0.358. The second-order valence-electron chi connectivity index (χ2n) is 5.77. The molecule has 3 aromatic rings. The number of nitrogens with one attached hydrogen (secondary N) is 2. The maximum absolute atomic E-state index is 12.1. The van der Waals surface area contributed by atoms with E-state index in [4.69, 9.17) is 21.7 Å². The summed E-state index contributed by atoms with van der Waals surface area (Å²) in [5.41, 5.74) is 0.717. The van der Waals surface area contributed by atoms with Crippen LogP contribution in [0.25, 0.3) is 10.8 Å². The normalized spacial score (nSPS) is 10.4. The SMILES string of the molecule is COc1cccc(NC(=S)NC(=O)COc2ccc3cc(Br)ccc3c2Br)c1. The van der Waals surface area contributed by atoms with Gasteiger partial charge in [-0.25, -0.2) is 0 Å². The minimum absolute atomic E-state index is 0.166. The molecule has 0 spiro atoms. The van der Waals surface area contributed by atoms with Gasteiger partial charge < -0.3 is 14.8 Å². The number of hydrogen-bond donors (Lipinski definition) is 2. The average Bonchev–Trinajstić information content (AvgIpc) is 2.67. The third-order valence-electron chi connectivity index (χ3n) is 3.82. The summed E-state index contributed by atoms with van der Waals surface area (Å²) in [6, 6.07) is 16.9. The van der Waals surface area contributed by atoms with E-state index in [0.717, 1.165) is 19.7 Å². The largest absolute Gasteiger partial charge is 0.497 e. The van der Waals surface area contributed by atoms with E-state index in [1.807, 2.05) is 48.5 Å². The van der Waals surface area contributed by atoms with Crippen molar-refractivity contribution < 1.29 is 14.3 Å². The van der Waals surface area contributed by atoms with Crippen LogP contribution in [0.1, 0.15) is 0 Å². The number of ether oxygens (including phenoxy) is 2. The highest BCUT2D eigenvalue weighted by atomic mass is 79.9. The van der Waals surface area contributed by atoms with Crippen molar-refractivity contribution in [2.24, 2.45) is 0 Å². The number of halogens is 2. The topological polar surface area (TPSA) is 59.6 Å². The maximum atomic E-state index is 12.1. The lowest BCUT2D eigenvalue weighted by atomic mass is 10.1. The Morgan fingerprint density at radius 2 is 1.93 bits per heavy atom. The third kappa shape index (κ3) is 5.21. The van der Waals surface area contributed by atoms with Crippen LogP contribution in [0.3, 0.4) is 0 Å². The van der Waals surface area contributed by atoms with E-state index >= 15 is 0 Å². The van der Waals surface area contributed by atoms with Crippen molar-refractivity contribution in [1.82, 2.24) is 5.32 Å². The molecule has 28 heavy (non-hydrogen) atoms. The molecule has 0 radical (unpaired) electrons. The van der Waals surface area contributed by atoms with E-state index < -0.39 is 0 Å². The number of fused-ring (bicyclic) bond motifs is 1. The predicted molar refractivity (Wildman–Crippen MR) is 122 cm³/mol. The van der Waals surface area contributed by atoms with Crippen LogP contribution in [-0.4, -0.2) is 24.7 Å². The van der Waals surface area contributed by atoms with Gasteiger partial charge >= 0.3 is 0 Å². The summed E-state index contributed by atoms with van der Waals surface area (Å²) >= 11 is 12.2. The summed E-state index contributed by atoms with van der Waals surface area (Å²) in [4.78, 5) is 12.1. The molecule has 5 nitrogen and oxygen atoms in total. The molecule has 0 aliphatic carbocycles. The first-order chi connectivity index (χ1) is 13.5. The Morgan fingerprint density at radius 1 is 1.11 bits per heavy atom. The summed E-state index contributed by atoms with van der Waals surface area (Å²) in [5.74, 6) is 0.912. The molecular formula is C20H16Br2N2O3S. The smallest absolute Gasteiger partial charge is 0.264 e. The van der Waals surface area contributed by atoms with Crippen molar-refractivity contribution in [3.8, 4) is 11.5 Å². The van der Waals surface area contributed by atoms with Gasteiger partial charge in [0, 0.05) is 16.2 Å². The molecule has 1 amide bonds. The first-order valence-electron chi connectivity index (χ1n) is 8.22. The van der Waals surface area contributed by atoms with Crippen molar-refractivity contribution in [3.05, 3.63) is 63.5 Å². The van der Waals surface area contributed by atoms with E-state index in [-0.39, 0.29) is 17.6 Å². The number of methoxy groups -OCH3 is 1. The third-order valence-corrected chi connectivity index (χ3v) is 5.34. The Balaban J connectivity index is 1.58. The molecule has 0 saturated carbocycles. The molecule has 0 unspecified atom stereocenters. The Morgan fingerprint density at radius 3 is 2.71 bits per heavy atom. The van der Waals surface area contributed by atoms with E-state index in [9.17, 15) is 4.79 Å². The highest BCUT2D eigenvalue weighted by Crippen LogP contribution is 2.34. The maximum Gasteiger partial charge on any atom is 0.264 e. The van der Waals surface area contributed by atoms with Crippen LogP contribution in [0.2, 0.25) is 0 Å². The van der Waals surface area contributed by atoms with E-state index in [1.54, 1.807) is 13.2 Å². The number of thiocarbonyl (C=S) groups is 1. The minimum Gasteiger partial charge on any atom is -0.497 e. The van der Waals surface area contributed by atoms with Gasteiger partial charge in [0.1, 0.15) is 11.5 Å². The molecule has 2 N–H and O–H groups in total. The van der Waals surface area contributed by atoms with Gasteiger partial charge in [-0.3, -0.25) is 10.1 Å². The number of carbonyl (C=O) groups excluding carboxylic acids is 1. The standard InChI is InChI=1S/C20H16Br2N2O3S/c1-26-15-4-2-3-14(10-15)23-20(28)24-18(25)11-27-17-8-5-12-9-13(21)6-7-16(12)19(17)22/h2-10H,11H2,1H3,(H2,23,24,25,28). The molecule has 0 atom stereocenters. The highest BCUT2D eigenvalue weighted by molar-refractivity contribution is 9.11. The van der Waals surface area contributed by atoms with Gasteiger partial charge in [0.15, 0.2) is 11.7 Å². The zero-order valence-corrected chi connectivity index (χ0v) is 18.8. The molecule has 0 bridgehead atoms. The van der Waals surface area contributed by atoms with Crippen molar-refractivity contribution in [3.63, 3.8) is 0 Å². The fourth-order valence-corrected chi connectivity index (χ4v) is 3.74. The lowest BCUT2D eigenvalue weighted by molar-refractivity contribution is -0.121. The summed E-state index contributed by atoms with van der Waals surface area (Å²) in [6.07, 6.45) is 0. The molecule has 0 aliphatic heterocycles. The van der Waals surface area contributed by atoms with Crippen LogP contribution >= 0.6 is 44.1 Å². The molecule has 0 aromatic heterocycles. The number of amides is 1.